The molecule has 3 aromatic heterocycles. The molecule has 0 unspecified atom stereocenters. The minimum Gasteiger partial charge on any atom is -0.374 e. The fraction of sp³-hybridized carbons (Fsp3) is 0.458. The Morgan fingerprint density at radius 3 is 2.82 bits per heavy atom. The first-order valence-corrected chi connectivity index (χ1v) is 11.3. The van der Waals surface area contributed by atoms with Crippen LogP contribution in [0.25, 0.3) is 0 Å². The highest BCUT2D eigenvalue weighted by Crippen LogP contribution is 2.52. The minimum absolute atomic E-state index is 0.156. The Kier molecular flexibility index (Phi) is 5.25. The van der Waals surface area contributed by atoms with Gasteiger partial charge < -0.3 is 20.3 Å². The van der Waals surface area contributed by atoms with Crippen LogP contribution in [0.2, 0.25) is 0 Å². The van der Waals surface area contributed by atoms with Gasteiger partial charge in [0.15, 0.2) is 0 Å². The van der Waals surface area contributed by atoms with Gasteiger partial charge in [-0.15, -0.1) is 0 Å². The summed E-state index contributed by atoms with van der Waals surface area (Å²) in [6.07, 6.45) is 4.45. The smallest absolute Gasteiger partial charge is 0.229 e. The highest BCUT2D eigenvalue weighted by molar-refractivity contribution is 5.71. The van der Waals surface area contributed by atoms with Gasteiger partial charge in [0.1, 0.15) is 11.6 Å². The number of rotatable bonds is 5. The first-order valence-electron chi connectivity index (χ1n) is 11.3. The Morgan fingerprint density at radius 2 is 2.03 bits per heavy atom. The molecule has 0 aliphatic carbocycles. The summed E-state index contributed by atoms with van der Waals surface area (Å²) in [5.74, 6) is 2.27. The molecule has 0 amide bonds. The molecule has 5 heterocycles. The van der Waals surface area contributed by atoms with Crippen LogP contribution < -0.4 is 15.5 Å². The van der Waals surface area contributed by atoms with Crippen molar-refractivity contribution in [2.75, 3.05) is 23.9 Å². The highest BCUT2D eigenvalue weighted by atomic mass is 16.5. The molecular formula is C24H30N8O. The Bertz CT molecular complexity index is 1180. The standard InChI is InChI=1S/C24H30N8O/c1-15-9-17(12-27-31-15)29-22-26-13-18-21(30-22)32(20-8-6-7-16(28-20)11-25-5)19-10-23(2,3)33-14-24(18,19)4/h6-9,12-13,19,25H,10-11,14H2,1-5H3,(H,26,29,30,31)/t19-,24-/m1/s1. The molecule has 0 bridgehead atoms. The van der Waals surface area contributed by atoms with Gasteiger partial charge in [0.05, 0.1) is 41.5 Å². The second-order valence-corrected chi connectivity index (χ2v) is 9.71. The third-order valence-electron chi connectivity index (χ3n) is 6.54. The van der Waals surface area contributed by atoms with E-state index < -0.39 is 0 Å². The highest BCUT2D eigenvalue weighted by Gasteiger charge is 2.55. The van der Waals surface area contributed by atoms with Crippen molar-refractivity contribution in [1.29, 1.82) is 0 Å². The van der Waals surface area contributed by atoms with E-state index in [1.54, 1.807) is 6.20 Å². The van der Waals surface area contributed by atoms with Crippen LogP contribution in [-0.4, -0.2) is 50.4 Å². The summed E-state index contributed by atoms with van der Waals surface area (Å²) >= 11 is 0. The molecule has 0 spiro atoms. The lowest BCUT2D eigenvalue weighted by molar-refractivity contribution is -0.0893. The number of fused-ring (bicyclic) bond motifs is 3. The zero-order chi connectivity index (χ0) is 23.2. The van der Waals surface area contributed by atoms with Crippen molar-refractivity contribution >= 4 is 23.3 Å². The minimum atomic E-state index is -0.237. The normalized spacial score (nSPS) is 23.2. The average molecular weight is 447 g/mol. The molecule has 9 nitrogen and oxygen atoms in total. The van der Waals surface area contributed by atoms with Crippen LogP contribution in [0.5, 0.6) is 0 Å². The average Bonchev–Trinajstić information content (AvgIpc) is 3.01. The molecular weight excluding hydrogens is 416 g/mol. The van der Waals surface area contributed by atoms with Crippen LogP contribution in [0.1, 0.15) is 44.1 Å². The first kappa shape index (κ1) is 21.7. The lowest BCUT2D eigenvalue weighted by Gasteiger charge is -2.46. The van der Waals surface area contributed by atoms with Gasteiger partial charge in [-0.1, -0.05) is 13.0 Å². The van der Waals surface area contributed by atoms with Gasteiger partial charge in [-0.05, 0) is 52.4 Å². The first-order chi connectivity index (χ1) is 15.8. The number of hydrogen-bond acceptors (Lipinski definition) is 9. The van der Waals surface area contributed by atoms with Gasteiger partial charge >= 0.3 is 0 Å². The molecule has 2 aliphatic heterocycles. The summed E-state index contributed by atoms with van der Waals surface area (Å²) in [5.41, 5.74) is 3.22. The van der Waals surface area contributed by atoms with Crippen molar-refractivity contribution in [2.45, 2.75) is 57.7 Å². The lowest BCUT2D eigenvalue weighted by atomic mass is 9.73. The molecule has 2 atom stereocenters. The molecule has 1 fully saturated rings. The van der Waals surface area contributed by atoms with E-state index >= 15 is 0 Å². The topological polar surface area (TPSA) is 101 Å². The van der Waals surface area contributed by atoms with Crippen LogP contribution in [0.4, 0.5) is 23.3 Å². The van der Waals surface area contributed by atoms with E-state index in [2.05, 4.69) is 63.6 Å². The second-order valence-electron chi connectivity index (χ2n) is 9.71. The third-order valence-corrected chi connectivity index (χ3v) is 6.54. The van der Waals surface area contributed by atoms with Crippen LogP contribution >= 0.6 is 0 Å². The number of aryl methyl sites for hydroxylation is 1. The summed E-state index contributed by atoms with van der Waals surface area (Å²) < 4.78 is 6.28. The van der Waals surface area contributed by atoms with E-state index in [1.807, 2.05) is 32.3 Å². The fourth-order valence-electron chi connectivity index (χ4n) is 4.81. The SMILES string of the molecule is CNCc1cccc(N2c3nc(Nc4cnnc(C)c4)ncc3[C@@]3(C)COC(C)(C)C[C@@H]23)n1. The van der Waals surface area contributed by atoms with E-state index in [1.165, 1.54) is 0 Å². The van der Waals surface area contributed by atoms with Crippen LogP contribution in [0, 0.1) is 6.92 Å². The molecule has 2 aliphatic rings. The molecule has 2 N–H and O–H groups in total. The molecule has 0 saturated carbocycles. The van der Waals surface area contributed by atoms with Crippen molar-refractivity contribution in [2.24, 2.45) is 0 Å². The maximum atomic E-state index is 6.28. The number of anilines is 4. The van der Waals surface area contributed by atoms with Crippen molar-refractivity contribution in [3.63, 3.8) is 0 Å². The third kappa shape index (κ3) is 3.91. The van der Waals surface area contributed by atoms with Gasteiger partial charge in [-0.3, -0.25) is 0 Å². The van der Waals surface area contributed by atoms with E-state index in [9.17, 15) is 0 Å². The number of nitrogens with zero attached hydrogens (tertiary/aromatic N) is 6. The van der Waals surface area contributed by atoms with Crippen molar-refractivity contribution in [3.05, 3.63) is 53.6 Å². The van der Waals surface area contributed by atoms with Gasteiger partial charge in [0, 0.05) is 23.7 Å². The van der Waals surface area contributed by atoms with E-state index in [4.69, 9.17) is 14.7 Å². The molecule has 33 heavy (non-hydrogen) atoms. The monoisotopic (exact) mass is 446 g/mol. The number of aromatic nitrogens is 5. The van der Waals surface area contributed by atoms with Gasteiger partial charge in [-0.25, -0.2) is 9.97 Å². The number of ether oxygens (including phenoxy) is 1. The predicted octanol–water partition coefficient (Wildman–Crippen LogP) is 3.41. The second kappa shape index (κ2) is 8.00. The summed E-state index contributed by atoms with van der Waals surface area (Å²) in [7, 11) is 1.93. The Morgan fingerprint density at radius 1 is 1.18 bits per heavy atom. The maximum Gasteiger partial charge on any atom is 0.229 e. The molecule has 1 saturated heterocycles. The van der Waals surface area contributed by atoms with Gasteiger partial charge in [-0.2, -0.15) is 15.2 Å². The fourth-order valence-corrected chi connectivity index (χ4v) is 4.81. The number of nitrogens with one attached hydrogen (secondary N) is 2. The number of hydrogen-bond donors (Lipinski definition) is 2. The van der Waals surface area contributed by atoms with Crippen LogP contribution in [0.15, 0.2) is 36.7 Å². The largest absolute Gasteiger partial charge is 0.374 e. The maximum absolute atomic E-state index is 6.28. The molecule has 0 aromatic carbocycles. The molecule has 9 heteroatoms. The van der Waals surface area contributed by atoms with Crippen LogP contribution in [0.3, 0.4) is 0 Å². The summed E-state index contributed by atoms with van der Waals surface area (Å²) in [5, 5.41) is 14.5. The quantitative estimate of drug-likeness (QED) is 0.610. The van der Waals surface area contributed by atoms with Crippen molar-refractivity contribution in [3.8, 4) is 0 Å². The molecule has 172 valence electrons. The van der Waals surface area contributed by atoms with E-state index in [0.29, 0.717) is 19.1 Å². The zero-order valence-electron chi connectivity index (χ0n) is 19.8. The Hall–Kier alpha value is -3.17. The summed E-state index contributed by atoms with van der Waals surface area (Å²) in [6, 6.07) is 8.23. The van der Waals surface area contributed by atoms with Crippen LogP contribution in [-0.2, 0) is 16.7 Å². The van der Waals surface area contributed by atoms with E-state index in [-0.39, 0.29) is 17.1 Å². The molecule has 3 aromatic rings. The van der Waals surface area contributed by atoms with Gasteiger partial charge in [0.2, 0.25) is 5.95 Å². The van der Waals surface area contributed by atoms with Gasteiger partial charge in [0.25, 0.3) is 0 Å². The summed E-state index contributed by atoms with van der Waals surface area (Å²) in [6.45, 7) is 9.76. The molecule has 0 radical (unpaired) electrons. The predicted molar refractivity (Wildman–Crippen MR) is 127 cm³/mol. The Balaban J connectivity index is 1.60. The lowest BCUT2D eigenvalue weighted by Crippen LogP contribution is -2.54. The Labute approximate surface area is 194 Å². The van der Waals surface area contributed by atoms with E-state index in [0.717, 1.165) is 40.7 Å². The van der Waals surface area contributed by atoms with Crippen molar-refractivity contribution in [1.82, 2.24) is 30.5 Å². The number of pyridine rings is 1. The molecule has 5 rings (SSSR count). The zero-order valence-corrected chi connectivity index (χ0v) is 19.8. The summed E-state index contributed by atoms with van der Waals surface area (Å²) in [4.78, 5) is 16.9. The van der Waals surface area contributed by atoms with Crippen molar-refractivity contribution < 1.29 is 4.74 Å².